The second-order valence-corrected chi connectivity index (χ2v) is 5.52. The van der Waals surface area contributed by atoms with E-state index >= 15 is 0 Å². The number of methoxy groups -OCH3 is 1. The molecule has 0 unspecified atom stereocenters. The predicted octanol–water partition coefficient (Wildman–Crippen LogP) is 2.93. The zero-order valence-electron chi connectivity index (χ0n) is 14.1. The molecule has 0 bridgehead atoms. The maximum atomic E-state index is 12.7. The molecular weight excluding hydrogens is 270 g/mol. The Hall–Kier alpha value is -1.10. The Morgan fingerprint density at radius 3 is 2.00 bits per heavy atom. The van der Waals surface area contributed by atoms with Crippen molar-refractivity contribution in [2.45, 2.75) is 65.8 Å². The monoisotopic (exact) mass is 301 g/mol. The Kier molecular flexibility index (Phi) is 9.26. The summed E-state index contributed by atoms with van der Waals surface area (Å²) in [5.74, 6) is -0.955. The van der Waals surface area contributed by atoms with Crippen molar-refractivity contribution < 1.29 is 19.4 Å². The van der Waals surface area contributed by atoms with Crippen molar-refractivity contribution in [1.82, 2.24) is 4.90 Å². The molecule has 0 saturated heterocycles. The third-order valence-corrected chi connectivity index (χ3v) is 4.54. The first-order valence-electron chi connectivity index (χ1n) is 7.94. The van der Waals surface area contributed by atoms with Gasteiger partial charge in [-0.25, -0.2) is 0 Å². The van der Waals surface area contributed by atoms with Crippen LogP contribution < -0.4 is 0 Å². The Morgan fingerprint density at radius 2 is 1.67 bits per heavy atom. The summed E-state index contributed by atoms with van der Waals surface area (Å²) in [6, 6.07) is 0.146. The van der Waals surface area contributed by atoms with Gasteiger partial charge < -0.3 is 14.7 Å². The zero-order valence-corrected chi connectivity index (χ0v) is 14.1. The molecule has 0 radical (unpaired) electrons. The van der Waals surface area contributed by atoms with Crippen molar-refractivity contribution in [1.29, 1.82) is 0 Å². The molecule has 0 aromatic carbocycles. The number of carboxylic acid groups (broad SMARTS) is 1. The summed E-state index contributed by atoms with van der Waals surface area (Å²) in [6.45, 7) is 8.76. The Morgan fingerprint density at radius 1 is 1.14 bits per heavy atom. The van der Waals surface area contributed by atoms with Crippen molar-refractivity contribution in [2.24, 2.45) is 5.41 Å². The van der Waals surface area contributed by atoms with Gasteiger partial charge in [-0.3, -0.25) is 9.59 Å². The predicted molar refractivity (Wildman–Crippen MR) is 83.2 cm³/mol. The average molecular weight is 301 g/mol. The molecule has 0 spiro atoms. The van der Waals surface area contributed by atoms with E-state index in [9.17, 15) is 14.7 Å². The summed E-state index contributed by atoms with van der Waals surface area (Å²) in [7, 11) is 1.61. The number of rotatable bonds is 11. The molecule has 0 aromatic rings. The number of carboxylic acids is 1. The largest absolute Gasteiger partial charge is 0.481 e. The van der Waals surface area contributed by atoms with Crippen molar-refractivity contribution >= 4 is 11.9 Å². The molecule has 0 rings (SSSR count). The van der Waals surface area contributed by atoms with Gasteiger partial charge >= 0.3 is 5.97 Å². The fourth-order valence-electron chi connectivity index (χ4n) is 2.70. The summed E-state index contributed by atoms with van der Waals surface area (Å²) >= 11 is 0. The third kappa shape index (κ3) is 5.30. The van der Waals surface area contributed by atoms with Crippen LogP contribution in [0.15, 0.2) is 0 Å². The highest BCUT2D eigenvalue weighted by atomic mass is 16.5. The molecule has 0 saturated carbocycles. The van der Waals surface area contributed by atoms with Crippen molar-refractivity contribution in [2.75, 3.05) is 20.3 Å². The third-order valence-electron chi connectivity index (χ3n) is 4.54. The van der Waals surface area contributed by atoms with Gasteiger partial charge in [0.05, 0.1) is 12.0 Å². The molecule has 0 heterocycles. The Bertz CT molecular complexity index is 322. The molecule has 1 N–H and O–H groups in total. The van der Waals surface area contributed by atoms with E-state index in [2.05, 4.69) is 0 Å². The highest BCUT2D eigenvalue weighted by molar-refractivity contribution is 5.85. The summed E-state index contributed by atoms with van der Waals surface area (Å²) in [4.78, 5) is 26.0. The molecule has 5 nitrogen and oxygen atoms in total. The fourth-order valence-corrected chi connectivity index (χ4v) is 2.70. The quantitative estimate of drug-likeness (QED) is 0.637. The van der Waals surface area contributed by atoms with E-state index in [1.54, 1.807) is 12.0 Å². The van der Waals surface area contributed by atoms with Crippen LogP contribution in [-0.4, -0.2) is 48.2 Å². The van der Waals surface area contributed by atoms with E-state index in [1.165, 1.54) is 0 Å². The Balaban J connectivity index is 5.14. The van der Waals surface area contributed by atoms with E-state index in [0.717, 1.165) is 12.8 Å². The van der Waals surface area contributed by atoms with Gasteiger partial charge in [-0.15, -0.1) is 0 Å². The number of carbonyl (C=O) groups excluding carboxylic acids is 1. The van der Waals surface area contributed by atoms with Crippen LogP contribution in [0.25, 0.3) is 0 Å². The van der Waals surface area contributed by atoms with Crippen LogP contribution in [0.5, 0.6) is 0 Å². The maximum absolute atomic E-state index is 12.7. The van der Waals surface area contributed by atoms with Crippen molar-refractivity contribution in [3.63, 3.8) is 0 Å². The van der Waals surface area contributed by atoms with Gasteiger partial charge in [-0.05, 0) is 25.7 Å². The topological polar surface area (TPSA) is 66.8 Å². The summed E-state index contributed by atoms with van der Waals surface area (Å²) < 4.78 is 5.08. The van der Waals surface area contributed by atoms with Gasteiger partial charge in [-0.2, -0.15) is 0 Å². The lowest BCUT2D eigenvalue weighted by Gasteiger charge is -2.34. The first-order chi connectivity index (χ1) is 9.92. The molecule has 5 heteroatoms. The van der Waals surface area contributed by atoms with Gasteiger partial charge in [-0.1, -0.05) is 27.7 Å². The second-order valence-electron chi connectivity index (χ2n) is 5.52. The standard InChI is InChI=1S/C16H31NO4/c1-6-13(7-2)17(10-11-21-5)14(18)12-16(8-3,9-4)15(19)20/h13H,6-12H2,1-5H3,(H,19,20). The molecule has 124 valence electrons. The Labute approximate surface area is 128 Å². The maximum Gasteiger partial charge on any atom is 0.310 e. The number of hydrogen-bond acceptors (Lipinski definition) is 3. The first kappa shape index (κ1) is 19.9. The zero-order chi connectivity index (χ0) is 16.5. The van der Waals surface area contributed by atoms with Crippen molar-refractivity contribution in [3.8, 4) is 0 Å². The number of carbonyl (C=O) groups is 2. The van der Waals surface area contributed by atoms with Gasteiger partial charge in [0, 0.05) is 26.1 Å². The van der Waals surface area contributed by atoms with Gasteiger partial charge in [0.25, 0.3) is 0 Å². The number of aliphatic carboxylic acids is 1. The number of ether oxygens (including phenoxy) is 1. The van der Waals surface area contributed by atoms with Crippen molar-refractivity contribution in [3.05, 3.63) is 0 Å². The lowest BCUT2D eigenvalue weighted by molar-refractivity contribution is -0.155. The molecule has 0 aromatic heterocycles. The minimum absolute atomic E-state index is 0.0650. The average Bonchev–Trinajstić information content (AvgIpc) is 2.48. The summed E-state index contributed by atoms with van der Waals surface area (Å²) in [6.07, 6.45) is 2.72. The molecule has 0 atom stereocenters. The minimum atomic E-state index is -0.950. The molecule has 0 aliphatic heterocycles. The van der Waals surface area contributed by atoms with Crippen LogP contribution in [0, 0.1) is 5.41 Å². The van der Waals surface area contributed by atoms with Crippen LogP contribution in [0.4, 0.5) is 0 Å². The molecule has 1 amide bonds. The van der Waals surface area contributed by atoms with Crippen LogP contribution in [-0.2, 0) is 14.3 Å². The lowest BCUT2D eigenvalue weighted by Crippen LogP contribution is -2.45. The van der Waals surface area contributed by atoms with Crippen LogP contribution >= 0.6 is 0 Å². The molecule has 21 heavy (non-hydrogen) atoms. The van der Waals surface area contributed by atoms with E-state index in [-0.39, 0.29) is 18.4 Å². The van der Waals surface area contributed by atoms with Gasteiger partial charge in [0.15, 0.2) is 0 Å². The fraction of sp³-hybridized carbons (Fsp3) is 0.875. The van der Waals surface area contributed by atoms with Crippen LogP contribution in [0.3, 0.4) is 0 Å². The van der Waals surface area contributed by atoms with Crippen LogP contribution in [0.1, 0.15) is 59.8 Å². The summed E-state index contributed by atoms with van der Waals surface area (Å²) in [5, 5.41) is 9.49. The van der Waals surface area contributed by atoms with Crippen LogP contribution in [0.2, 0.25) is 0 Å². The molecule has 0 aliphatic carbocycles. The number of amides is 1. The van der Waals surface area contributed by atoms with E-state index in [4.69, 9.17) is 4.74 Å². The first-order valence-corrected chi connectivity index (χ1v) is 7.94. The van der Waals surface area contributed by atoms with Gasteiger partial charge in [0.2, 0.25) is 5.91 Å². The lowest BCUT2D eigenvalue weighted by atomic mass is 9.78. The number of hydrogen-bond donors (Lipinski definition) is 1. The van der Waals surface area contributed by atoms with E-state index < -0.39 is 11.4 Å². The minimum Gasteiger partial charge on any atom is -0.481 e. The van der Waals surface area contributed by atoms with E-state index in [1.807, 2.05) is 27.7 Å². The number of nitrogens with zero attached hydrogens (tertiary/aromatic N) is 1. The van der Waals surface area contributed by atoms with Gasteiger partial charge in [0.1, 0.15) is 0 Å². The highest BCUT2D eigenvalue weighted by Crippen LogP contribution is 2.32. The van der Waals surface area contributed by atoms with E-state index in [0.29, 0.717) is 26.0 Å². The molecule has 0 fully saturated rings. The second kappa shape index (κ2) is 9.77. The smallest absolute Gasteiger partial charge is 0.310 e. The molecule has 0 aliphatic rings. The normalized spacial score (nSPS) is 11.7. The highest BCUT2D eigenvalue weighted by Gasteiger charge is 2.39. The molecular formula is C16H31NO4. The summed E-state index contributed by atoms with van der Waals surface area (Å²) in [5.41, 5.74) is -0.950. The SMILES string of the molecule is CCC(CC)N(CCOC)C(=O)CC(CC)(CC)C(=O)O.